The third kappa shape index (κ3) is 28.9. The number of rotatable bonds is 42. The van der Waals surface area contributed by atoms with Gasteiger partial charge in [0.25, 0.3) is 0 Å². The summed E-state index contributed by atoms with van der Waals surface area (Å²) in [6.45, 7) is 1.94. The first-order valence-electron chi connectivity index (χ1n) is 26.9. The van der Waals surface area contributed by atoms with Crippen LogP contribution in [0, 0.1) is 0 Å². The molecule has 8 N–H and O–H groups in total. The molecule has 402 valence electrons. The summed E-state index contributed by atoms with van der Waals surface area (Å²) >= 11 is 3.82. The molecule has 17 nitrogen and oxygen atoms in total. The maximum Gasteiger partial charge on any atom is 0.315 e. The van der Waals surface area contributed by atoms with Crippen molar-refractivity contribution < 1.29 is 53.5 Å². The normalized spacial score (nSPS) is 21.0. The molecular weight excluding hydrogens is 937 g/mol. The van der Waals surface area contributed by atoms with Gasteiger partial charge >= 0.3 is 12.1 Å². The lowest BCUT2D eigenvalue weighted by Gasteiger charge is -2.16. The molecule has 19 heteroatoms. The average molecular weight is 1030 g/mol. The van der Waals surface area contributed by atoms with Crippen molar-refractivity contribution in [2.45, 2.75) is 240 Å². The van der Waals surface area contributed by atoms with Crippen molar-refractivity contribution in [1.82, 2.24) is 31.9 Å². The maximum absolute atomic E-state index is 12.1. The van der Waals surface area contributed by atoms with Crippen molar-refractivity contribution in [3.63, 3.8) is 0 Å². The number of thioether (sulfide) groups is 2. The number of aliphatic hydroxyl groups is 2. The zero-order valence-corrected chi connectivity index (χ0v) is 44.0. The number of aliphatic hydroxyl groups excluding tert-OH is 1. The third-order valence-corrected chi connectivity index (χ3v) is 16.5. The number of carbonyl (C=O) groups is 7. The molecule has 0 aromatic carbocycles. The van der Waals surface area contributed by atoms with Gasteiger partial charge in [-0.25, -0.2) is 19.4 Å². The number of amides is 6. The highest BCUT2D eigenvalue weighted by atomic mass is 32.2. The third-order valence-electron chi connectivity index (χ3n) is 13.5. The molecule has 4 fully saturated rings. The van der Waals surface area contributed by atoms with Gasteiger partial charge in [0.15, 0.2) is 6.29 Å². The topological polar surface area (TPSA) is 251 Å². The summed E-state index contributed by atoms with van der Waals surface area (Å²) in [7, 11) is 1.51. The second-order valence-electron chi connectivity index (χ2n) is 19.5. The van der Waals surface area contributed by atoms with Gasteiger partial charge in [-0.1, -0.05) is 51.4 Å². The second kappa shape index (κ2) is 38.6. The monoisotopic (exact) mass is 1030 g/mol. The van der Waals surface area contributed by atoms with E-state index in [1.807, 2.05) is 23.5 Å². The van der Waals surface area contributed by atoms with Gasteiger partial charge in [-0.05, 0) is 96.3 Å². The molecule has 0 bridgehead atoms. The molecule has 0 spiro atoms. The Bertz CT molecular complexity index is 1530. The SMILES string of the molecule is COOCCCCCCC(=O)CCCCCC(=O)CCCCCNC(=O)CCCCC1SCC2NC(=O)NC21.O=C(CCCCCNC(=O)CCCCC1SCC2NC(=O)NC21)CCCCCC(O)O. The first kappa shape index (κ1) is 61.3. The van der Waals surface area contributed by atoms with Crippen LogP contribution in [0.2, 0.25) is 0 Å². The van der Waals surface area contributed by atoms with Crippen molar-refractivity contribution >= 4 is 64.8 Å². The van der Waals surface area contributed by atoms with E-state index < -0.39 is 6.29 Å². The van der Waals surface area contributed by atoms with Crippen molar-refractivity contribution in [2.24, 2.45) is 0 Å². The predicted octanol–water partition coefficient (Wildman–Crippen LogP) is 7.23. The Kier molecular flexibility index (Phi) is 33.8. The summed E-state index contributed by atoms with van der Waals surface area (Å²) in [6.07, 6.45) is 24.2. The van der Waals surface area contributed by atoms with E-state index in [2.05, 4.69) is 36.8 Å². The van der Waals surface area contributed by atoms with Gasteiger partial charge in [0.1, 0.15) is 17.3 Å². The number of urea groups is 2. The molecule has 0 aromatic rings. The van der Waals surface area contributed by atoms with Crippen molar-refractivity contribution in [1.29, 1.82) is 0 Å². The molecule has 0 saturated carbocycles. The van der Waals surface area contributed by atoms with E-state index in [4.69, 9.17) is 15.1 Å². The highest BCUT2D eigenvalue weighted by molar-refractivity contribution is 8.00. The van der Waals surface area contributed by atoms with E-state index in [0.717, 1.165) is 153 Å². The minimum atomic E-state index is -1.24. The molecule has 0 radical (unpaired) electrons. The lowest BCUT2D eigenvalue weighted by molar-refractivity contribution is -0.272. The van der Waals surface area contributed by atoms with Crippen LogP contribution in [0.5, 0.6) is 0 Å². The van der Waals surface area contributed by atoms with Gasteiger partial charge in [0.2, 0.25) is 11.8 Å². The highest BCUT2D eigenvalue weighted by Gasteiger charge is 2.43. The van der Waals surface area contributed by atoms with Crippen LogP contribution in [0.1, 0.15) is 199 Å². The molecular formula is C51H90N6O11S2. The summed E-state index contributed by atoms with van der Waals surface area (Å²) in [5.41, 5.74) is 0. The van der Waals surface area contributed by atoms with Crippen LogP contribution in [0.4, 0.5) is 9.59 Å². The van der Waals surface area contributed by atoms with Gasteiger partial charge in [0, 0.05) is 86.5 Å². The van der Waals surface area contributed by atoms with E-state index in [0.29, 0.717) is 99.6 Å². The van der Waals surface area contributed by atoms with Crippen molar-refractivity contribution in [3.05, 3.63) is 0 Å². The summed E-state index contributed by atoms with van der Waals surface area (Å²) < 4.78 is 0. The molecule has 4 rings (SSSR count). The predicted molar refractivity (Wildman–Crippen MR) is 276 cm³/mol. The molecule has 70 heavy (non-hydrogen) atoms. The largest absolute Gasteiger partial charge is 0.368 e. The van der Waals surface area contributed by atoms with Crippen LogP contribution >= 0.6 is 23.5 Å². The average Bonchev–Trinajstić information content (AvgIpc) is 4.10. The van der Waals surface area contributed by atoms with Gasteiger partial charge in [-0.15, -0.1) is 0 Å². The summed E-state index contributed by atoms with van der Waals surface area (Å²) in [5.74, 6) is 3.05. The number of hydrogen-bond donors (Lipinski definition) is 8. The maximum atomic E-state index is 12.1. The minimum Gasteiger partial charge on any atom is -0.368 e. The quantitative estimate of drug-likeness (QED) is 0.00990. The molecule has 6 amide bonds. The number of fused-ring (bicyclic) bond motifs is 2. The van der Waals surface area contributed by atoms with Crippen LogP contribution in [0.3, 0.4) is 0 Å². The second-order valence-corrected chi connectivity index (χ2v) is 22.0. The smallest absolute Gasteiger partial charge is 0.315 e. The number of carbonyl (C=O) groups excluding carboxylic acids is 7. The number of ketones is 3. The number of unbranched alkanes of at least 4 members (excludes halogenated alkanes) is 13. The van der Waals surface area contributed by atoms with E-state index in [-0.39, 0.29) is 53.8 Å². The lowest BCUT2D eigenvalue weighted by atomic mass is 10.0. The molecule has 4 aliphatic heterocycles. The summed E-state index contributed by atoms with van der Waals surface area (Å²) in [6, 6.07) is 0.873. The standard InChI is InChI=1S/C29H51N3O6S.C22H39N3O5S/c1-37-38-21-13-3-2-6-14-23(33)15-7-4-8-16-24(34)17-9-5-12-20-30-27(35)19-11-10-18-26-28-25(22-39-26)31-29(36)32-28;26-16(9-3-1-5-13-20(28)29)10-4-2-8-14-23-19(27)12-7-6-11-18-21-17(15-31-18)24-22(30)25-21/h25-26,28H,2-22H2,1H3,(H,30,35)(H2,31,32,36);17-18,20-21,28-29H,1-15H2,(H,23,27)(H2,24,25,30). The Morgan fingerprint density at radius 2 is 0.886 bits per heavy atom. The Balaban J connectivity index is 0.000000380. The molecule has 4 saturated heterocycles. The Hall–Kier alpha value is -2.97. The van der Waals surface area contributed by atoms with Gasteiger partial charge in [-0.3, -0.25) is 24.0 Å². The number of nitrogens with one attached hydrogen (secondary N) is 6. The van der Waals surface area contributed by atoms with E-state index in [1.165, 1.54) is 7.11 Å². The first-order chi connectivity index (χ1) is 33.9. The zero-order chi connectivity index (χ0) is 50.6. The van der Waals surface area contributed by atoms with Crippen molar-refractivity contribution in [3.8, 4) is 0 Å². The summed E-state index contributed by atoms with van der Waals surface area (Å²) in [5, 5.41) is 36.3. The van der Waals surface area contributed by atoms with Gasteiger partial charge in [-0.2, -0.15) is 23.5 Å². The first-order valence-corrected chi connectivity index (χ1v) is 29.0. The zero-order valence-electron chi connectivity index (χ0n) is 42.4. The number of Topliss-reactive ketones (excluding diaryl/α,β-unsaturated/α-hetero) is 3. The molecule has 6 atom stereocenters. The summed E-state index contributed by atoms with van der Waals surface area (Å²) in [4.78, 5) is 92.1. The molecule has 4 aliphatic rings. The Morgan fingerprint density at radius 1 is 0.514 bits per heavy atom. The molecule has 4 heterocycles. The fourth-order valence-corrected chi connectivity index (χ4v) is 12.5. The molecule has 6 unspecified atom stereocenters. The fourth-order valence-electron chi connectivity index (χ4n) is 9.37. The van der Waals surface area contributed by atoms with E-state index >= 15 is 0 Å². The lowest BCUT2D eigenvalue weighted by Crippen LogP contribution is -2.36. The minimum absolute atomic E-state index is 0.0531. The van der Waals surface area contributed by atoms with Gasteiger partial charge in [0.05, 0.1) is 37.9 Å². The van der Waals surface area contributed by atoms with Crippen molar-refractivity contribution in [2.75, 3.05) is 38.3 Å². The van der Waals surface area contributed by atoms with Crippen LogP contribution in [-0.2, 0) is 33.7 Å². The molecule has 0 aliphatic carbocycles. The Morgan fingerprint density at radius 3 is 1.30 bits per heavy atom. The van der Waals surface area contributed by atoms with Crippen LogP contribution < -0.4 is 31.9 Å². The van der Waals surface area contributed by atoms with Crippen LogP contribution in [0.15, 0.2) is 0 Å². The van der Waals surface area contributed by atoms with Gasteiger partial charge < -0.3 is 42.1 Å². The highest BCUT2D eigenvalue weighted by Crippen LogP contribution is 2.34. The van der Waals surface area contributed by atoms with Crippen LogP contribution in [-0.4, -0.2) is 131 Å². The Labute approximate surface area is 426 Å². The molecule has 0 aromatic heterocycles. The fraction of sp³-hybridized carbons (Fsp3) is 0.863. The van der Waals surface area contributed by atoms with E-state index in [9.17, 15) is 33.6 Å². The van der Waals surface area contributed by atoms with E-state index in [1.54, 1.807) is 0 Å². The van der Waals surface area contributed by atoms with Crippen LogP contribution in [0.25, 0.3) is 0 Å². The number of hydrogen-bond acceptors (Lipinski definition) is 13.